The van der Waals surface area contributed by atoms with Crippen molar-refractivity contribution < 1.29 is 19.8 Å². The third-order valence-electron chi connectivity index (χ3n) is 0.247. The summed E-state index contributed by atoms with van der Waals surface area (Å²) in [5, 5.41) is 26.8. The molecule has 6 nitrogen and oxygen atoms in total. The zero-order valence-corrected chi connectivity index (χ0v) is 4.87. The number of hydrogen-bond donors (Lipinski definition) is 4. The van der Waals surface area contributed by atoms with E-state index in [9.17, 15) is 0 Å². The van der Waals surface area contributed by atoms with Crippen molar-refractivity contribution in [1.82, 2.24) is 0 Å². The number of carboxylic acid groups (broad SMARTS) is 2. The first kappa shape index (κ1) is 11.1. The van der Waals surface area contributed by atoms with Gasteiger partial charge in [0.05, 0.1) is 0 Å². The molecule has 0 heterocycles. The fraction of sp³-hybridized carbons (Fsp3) is 0. The molecule has 56 valence electrons. The molecule has 0 radical (unpaired) electrons. The molecule has 0 atom stereocenters. The molecule has 0 amide bonds. The molecule has 4 N–H and O–H groups in total. The van der Waals surface area contributed by atoms with Gasteiger partial charge in [0.1, 0.15) is 12.4 Å². The van der Waals surface area contributed by atoms with Crippen molar-refractivity contribution >= 4 is 24.4 Å². The van der Waals surface area contributed by atoms with Crippen LogP contribution in [0, 0.1) is 10.8 Å². The lowest BCUT2D eigenvalue weighted by Crippen LogP contribution is -1.91. The summed E-state index contributed by atoms with van der Waals surface area (Å²) in [5.41, 5.74) is 0. The smallest absolute Gasteiger partial charge is 0.346 e. The van der Waals surface area contributed by atoms with Gasteiger partial charge in [-0.05, 0) is 0 Å². The quantitative estimate of drug-likeness (QED) is 0.390. The van der Waals surface area contributed by atoms with Crippen LogP contribution < -0.4 is 0 Å². The summed E-state index contributed by atoms with van der Waals surface area (Å²) in [5.74, 6) is -2.41. The molecule has 0 rings (SSSR count). The molecule has 0 bridgehead atoms. The van der Waals surface area contributed by atoms with Crippen LogP contribution in [-0.2, 0) is 9.59 Å². The number of carboxylic acids is 2. The fourth-order valence-corrected chi connectivity index (χ4v) is 0. The van der Waals surface area contributed by atoms with E-state index >= 15 is 0 Å². The molecular weight excluding hydrogens is 140 g/mol. The topological polar surface area (TPSA) is 122 Å². The van der Waals surface area contributed by atoms with Gasteiger partial charge in [-0.1, -0.05) is 0 Å². The molecule has 0 aliphatic rings. The molecule has 0 spiro atoms. The van der Waals surface area contributed by atoms with Gasteiger partial charge in [0.15, 0.2) is 0 Å². The zero-order chi connectivity index (χ0) is 8.57. The predicted molar refractivity (Wildman–Crippen MR) is 32.8 cm³/mol. The Bertz CT molecular complexity index is 135. The predicted octanol–water partition coefficient (Wildman–Crippen LogP) is -0.559. The minimum Gasteiger partial charge on any atom is -0.477 e. The van der Waals surface area contributed by atoms with Crippen LogP contribution in [0.2, 0.25) is 0 Å². The maximum Gasteiger partial charge on any atom is 0.346 e. The standard InChI is InChI=1S/2C2H3NO2/c2*3-1-2(4)5/h2*1,3H,(H,4,5). The molecule has 0 aliphatic carbocycles. The highest BCUT2D eigenvalue weighted by Crippen LogP contribution is 1.41. The van der Waals surface area contributed by atoms with Crippen molar-refractivity contribution in [2.45, 2.75) is 0 Å². The third kappa shape index (κ3) is 33.7. The third-order valence-corrected chi connectivity index (χ3v) is 0.247. The van der Waals surface area contributed by atoms with Crippen LogP contribution >= 0.6 is 0 Å². The highest BCUT2D eigenvalue weighted by Gasteiger charge is 1.76. The Morgan fingerprint density at radius 3 is 1.10 bits per heavy atom. The van der Waals surface area contributed by atoms with Gasteiger partial charge in [-0.25, -0.2) is 9.59 Å². The van der Waals surface area contributed by atoms with E-state index in [0.717, 1.165) is 0 Å². The van der Waals surface area contributed by atoms with Crippen LogP contribution in [-0.4, -0.2) is 34.6 Å². The van der Waals surface area contributed by atoms with Crippen LogP contribution in [0.15, 0.2) is 0 Å². The van der Waals surface area contributed by atoms with E-state index < -0.39 is 11.9 Å². The molecular formula is C4H6N2O4. The molecule has 0 saturated carbocycles. The molecule has 0 aromatic heterocycles. The van der Waals surface area contributed by atoms with E-state index in [2.05, 4.69) is 0 Å². The van der Waals surface area contributed by atoms with Crippen LogP contribution in [0.25, 0.3) is 0 Å². The first-order chi connectivity index (χ1) is 4.54. The Morgan fingerprint density at radius 1 is 1.00 bits per heavy atom. The number of nitrogens with one attached hydrogen (secondary N) is 2. The van der Waals surface area contributed by atoms with Crippen molar-refractivity contribution in [3.05, 3.63) is 0 Å². The zero-order valence-electron chi connectivity index (χ0n) is 4.87. The summed E-state index contributed by atoms with van der Waals surface area (Å²) in [4.78, 5) is 18.2. The van der Waals surface area contributed by atoms with Crippen molar-refractivity contribution in [3.63, 3.8) is 0 Å². The summed E-state index contributed by atoms with van der Waals surface area (Å²) in [6.07, 6.45) is 0.667. The van der Waals surface area contributed by atoms with Gasteiger partial charge in [0.25, 0.3) is 0 Å². The first-order valence-corrected chi connectivity index (χ1v) is 2.01. The minimum absolute atomic E-state index is 0.333. The average Bonchev–Trinajstić information content (AvgIpc) is 1.89. The lowest BCUT2D eigenvalue weighted by atomic mass is 10.8. The highest BCUT2D eigenvalue weighted by molar-refractivity contribution is 6.20. The van der Waals surface area contributed by atoms with Crippen molar-refractivity contribution in [2.24, 2.45) is 0 Å². The Labute approximate surface area is 56.1 Å². The summed E-state index contributed by atoms with van der Waals surface area (Å²) in [7, 11) is 0. The Morgan fingerprint density at radius 2 is 1.10 bits per heavy atom. The largest absolute Gasteiger partial charge is 0.477 e. The van der Waals surface area contributed by atoms with Crippen LogP contribution in [0.5, 0.6) is 0 Å². The van der Waals surface area contributed by atoms with Crippen molar-refractivity contribution in [1.29, 1.82) is 10.8 Å². The summed E-state index contributed by atoms with van der Waals surface area (Å²) >= 11 is 0. The van der Waals surface area contributed by atoms with Crippen LogP contribution in [0.3, 0.4) is 0 Å². The van der Waals surface area contributed by atoms with Crippen molar-refractivity contribution in [3.8, 4) is 0 Å². The fourth-order valence-electron chi connectivity index (χ4n) is 0. The van der Waals surface area contributed by atoms with E-state index in [4.69, 9.17) is 30.6 Å². The van der Waals surface area contributed by atoms with Crippen LogP contribution in [0.1, 0.15) is 0 Å². The van der Waals surface area contributed by atoms with Gasteiger partial charge in [0.2, 0.25) is 0 Å². The van der Waals surface area contributed by atoms with E-state index in [1.807, 2.05) is 0 Å². The van der Waals surface area contributed by atoms with Crippen molar-refractivity contribution in [2.75, 3.05) is 0 Å². The average molecular weight is 146 g/mol. The number of aliphatic carboxylic acids is 2. The van der Waals surface area contributed by atoms with E-state index in [0.29, 0.717) is 12.4 Å². The minimum atomic E-state index is -1.20. The molecule has 0 unspecified atom stereocenters. The number of rotatable bonds is 2. The van der Waals surface area contributed by atoms with Gasteiger partial charge in [-0.3, -0.25) is 0 Å². The molecule has 6 heteroatoms. The van der Waals surface area contributed by atoms with E-state index in [1.54, 1.807) is 0 Å². The van der Waals surface area contributed by atoms with Gasteiger partial charge < -0.3 is 21.0 Å². The van der Waals surface area contributed by atoms with E-state index in [1.165, 1.54) is 0 Å². The first-order valence-electron chi connectivity index (χ1n) is 2.01. The van der Waals surface area contributed by atoms with Gasteiger partial charge in [-0.2, -0.15) is 0 Å². The highest BCUT2D eigenvalue weighted by atomic mass is 16.4. The number of hydrogen-bond acceptors (Lipinski definition) is 4. The molecule has 10 heavy (non-hydrogen) atoms. The lowest BCUT2D eigenvalue weighted by molar-refractivity contribution is -0.129. The Balaban J connectivity index is 0. The maximum atomic E-state index is 9.12. The second-order valence-corrected chi connectivity index (χ2v) is 0.965. The molecule has 0 aromatic carbocycles. The lowest BCUT2D eigenvalue weighted by Gasteiger charge is -1.63. The number of carbonyl (C=O) groups is 2. The van der Waals surface area contributed by atoms with Gasteiger partial charge in [0, 0.05) is 0 Å². The molecule has 0 fully saturated rings. The molecule has 0 saturated heterocycles. The summed E-state index contributed by atoms with van der Waals surface area (Å²) < 4.78 is 0. The summed E-state index contributed by atoms with van der Waals surface area (Å²) in [6, 6.07) is 0. The van der Waals surface area contributed by atoms with Gasteiger partial charge in [-0.15, -0.1) is 0 Å². The second kappa shape index (κ2) is 7.28. The van der Waals surface area contributed by atoms with E-state index in [-0.39, 0.29) is 0 Å². The van der Waals surface area contributed by atoms with Gasteiger partial charge >= 0.3 is 11.9 Å². The SMILES string of the molecule is N=CC(=O)O.N=CC(=O)O. The summed E-state index contributed by atoms with van der Waals surface area (Å²) in [6.45, 7) is 0. The van der Waals surface area contributed by atoms with Crippen LogP contribution in [0.4, 0.5) is 0 Å². The molecule has 0 aliphatic heterocycles. The Kier molecular flexibility index (Phi) is 8.10. The second-order valence-electron chi connectivity index (χ2n) is 0.965. The maximum absolute atomic E-state index is 9.12. The normalized spacial score (nSPS) is 6.40. The molecule has 0 aromatic rings. The monoisotopic (exact) mass is 146 g/mol. The Hall–Kier alpha value is -1.72.